The number of halogens is 1. The Bertz CT molecular complexity index is 587. The molecule has 2 heterocycles. The van der Waals surface area contributed by atoms with Gasteiger partial charge in [-0.1, -0.05) is 12.1 Å². The largest absolute Gasteiger partial charge is 0.379 e. The van der Waals surface area contributed by atoms with Crippen LogP contribution in [0.5, 0.6) is 0 Å². The van der Waals surface area contributed by atoms with Crippen molar-refractivity contribution in [2.45, 2.75) is 45.1 Å². The zero-order valence-corrected chi connectivity index (χ0v) is 15.2. The monoisotopic (exact) mass is 348 g/mol. The highest BCUT2D eigenvalue weighted by molar-refractivity contribution is 5.79. The quantitative estimate of drug-likeness (QED) is 0.820. The fraction of sp³-hybridized carbons (Fsp3) is 0.650. The third-order valence-electron chi connectivity index (χ3n) is 5.41. The fourth-order valence-corrected chi connectivity index (χ4v) is 3.88. The smallest absolute Gasteiger partial charge is 0.227 e. The minimum Gasteiger partial charge on any atom is -0.379 e. The van der Waals surface area contributed by atoms with Crippen LogP contribution in [0.3, 0.4) is 0 Å². The predicted molar refractivity (Wildman–Crippen MR) is 96.1 cm³/mol. The van der Waals surface area contributed by atoms with E-state index in [1.165, 1.54) is 12.5 Å². The number of nitrogens with zero attached hydrogens (tertiary/aromatic N) is 2. The molecule has 0 aromatic heterocycles. The van der Waals surface area contributed by atoms with Gasteiger partial charge >= 0.3 is 0 Å². The first-order valence-corrected chi connectivity index (χ1v) is 9.48. The first kappa shape index (κ1) is 18.3. The summed E-state index contributed by atoms with van der Waals surface area (Å²) in [6.45, 7) is 7.26. The molecule has 1 unspecified atom stereocenters. The molecule has 2 saturated heterocycles. The van der Waals surface area contributed by atoms with Crippen LogP contribution in [0, 0.1) is 12.7 Å². The summed E-state index contributed by atoms with van der Waals surface area (Å²) in [7, 11) is 0. The van der Waals surface area contributed by atoms with Crippen LogP contribution in [-0.2, 0) is 16.0 Å². The Morgan fingerprint density at radius 2 is 2.04 bits per heavy atom. The van der Waals surface area contributed by atoms with Crippen LogP contribution in [-0.4, -0.2) is 61.1 Å². The van der Waals surface area contributed by atoms with Crippen LogP contribution in [0.25, 0.3) is 0 Å². The summed E-state index contributed by atoms with van der Waals surface area (Å²) in [5.74, 6) is -0.0322. The Balaban J connectivity index is 1.57. The lowest BCUT2D eigenvalue weighted by Gasteiger charge is -2.37. The molecule has 138 valence electrons. The molecule has 1 aromatic carbocycles. The van der Waals surface area contributed by atoms with Gasteiger partial charge in [0.2, 0.25) is 5.91 Å². The average Bonchev–Trinajstić information content (AvgIpc) is 2.64. The van der Waals surface area contributed by atoms with Gasteiger partial charge in [-0.3, -0.25) is 9.69 Å². The summed E-state index contributed by atoms with van der Waals surface area (Å²) in [6.07, 6.45) is 4.79. The number of likely N-dealkylation sites (tertiary alicyclic amines) is 1. The molecule has 2 aliphatic rings. The molecular formula is C20H29FN2O2. The molecule has 2 aliphatic heterocycles. The lowest BCUT2D eigenvalue weighted by atomic mass is 9.97. The predicted octanol–water partition coefficient (Wildman–Crippen LogP) is 2.78. The topological polar surface area (TPSA) is 32.8 Å². The number of amides is 1. The summed E-state index contributed by atoms with van der Waals surface area (Å²) in [4.78, 5) is 17.3. The molecule has 0 N–H and O–H groups in total. The standard InChI is InChI=1S/C20H29FN2O2/c1-16-14-17(5-6-19(16)21)15-20(24)23-8-3-2-4-18(23)7-9-22-10-12-25-13-11-22/h5-6,14,18H,2-4,7-13,15H2,1H3. The number of carbonyl (C=O) groups is 1. The molecule has 4 nitrogen and oxygen atoms in total. The molecule has 1 amide bonds. The van der Waals surface area contributed by atoms with Crippen LogP contribution in [0.15, 0.2) is 18.2 Å². The molecule has 0 radical (unpaired) electrons. The van der Waals surface area contributed by atoms with E-state index in [0.29, 0.717) is 18.0 Å². The average molecular weight is 348 g/mol. The van der Waals surface area contributed by atoms with Crippen LogP contribution in [0.2, 0.25) is 0 Å². The van der Waals surface area contributed by atoms with Crippen molar-refractivity contribution in [3.8, 4) is 0 Å². The maximum absolute atomic E-state index is 13.4. The Labute approximate surface area is 149 Å². The fourth-order valence-electron chi connectivity index (χ4n) is 3.88. The van der Waals surface area contributed by atoms with Crippen molar-refractivity contribution >= 4 is 5.91 Å². The van der Waals surface area contributed by atoms with E-state index in [1.54, 1.807) is 19.1 Å². The lowest BCUT2D eigenvalue weighted by Crippen LogP contribution is -2.46. The molecule has 5 heteroatoms. The maximum Gasteiger partial charge on any atom is 0.227 e. The molecule has 0 spiro atoms. The van der Waals surface area contributed by atoms with Gasteiger partial charge in [-0.25, -0.2) is 4.39 Å². The van der Waals surface area contributed by atoms with Crippen LogP contribution in [0.4, 0.5) is 4.39 Å². The van der Waals surface area contributed by atoms with Crippen LogP contribution < -0.4 is 0 Å². The third-order valence-corrected chi connectivity index (χ3v) is 5.41. The van der Waals surface area contributed by atoms with E-state index >= 15 is 0 Å². The Morgan fingerprint density at radius 1 is 1.24 bits per heavy atom. The summed E-state index contributed by atoms with van der Waals surface area (Å²) in [5, 5.41) is 0. The number of rotatable bonds is 5. The van der Waals surface area contributed by atoms with E-state index in [9.17, 15) is 9.18 Å². The van der Waals surface area contributed by atoms with Crippen molar-refractivity contribution in [2.75, 3.05) is 39.4 Å². The zero-order chi connectivity index (χ0) is 17.6. The third kappa shape index (κ3) is 5.02. The lowest BCUT2D eigenvalue weighted by molar-refractivity contribution is -0.134. The summed E-state index contributed by atoms with van der Waals surface area (Å²) < 4.78 is 18.8. The van der Waals surface area contributed by atoms with Gasteiger partial charge in [0.05, 0.1) is 19.6 Å². The summed E-state index contributed by atoms with van der Waals surface area (Å²) >= 11 is 0. The molecule has 0 aliphatic carbocycles. The van der Waals surface area contributed by atoms with Crippen molar-refractivity contribution in [3.05, 3.63) is 35.1 Å². The summed E-state index contributed by atoms with van der Waals surface area (Å²) in [5.41, 5.74) is 1.51. The number of piperidine rings is 1. The van der Waals surface area contributed by atoms with E-state index < -0.39 is 0 Å². The van der Waals surface area contributed by atoms with Crippen molar-refractivity contribution in [3.63, 3.8) is 0 Å². The van der Waals surface area contributed by atoms with Crippen molar-refractivity contribution < 1.29 is 13.9 Å². The van der Waals surface area contributed by atoms with Crippen molar-refractivity contribution in [2.24, 2.45) is 0 Å². The van der Waals surface area contributed by atoms with Gasteiger partial charge in [0, 0.05) is 32.2 Å². The van der Waals surface area contributed by atoms with E-state index in [4.69, 9.17) is 4.74 Å². The molecule has 0 bridgehead atoms. The SMILES string of the molecule is Cc1cc(CC(=O)N2CCCCC2CCN2CCOCC2)ccc1F. The van der Waals surface area contributed by atoms with Crippen molar-refractivity contribution in [1.29, 1.82) is 0 Å². The molecule has 1 atom stereocenters. The Hall–Kier alpha value is -1.46. The van der Waals surface area contributed by atoms with Crippen LogP contribution >= 0.6 is 0 Å². The number of aryl methyl sites for hydroxylation is 1. The molecule has 1 aromatic rings. The van der Waals surface area contributed by atoms with E-state index in [2.05, 4.69) is 9.80 Å². The molecule has 2 fully saturated rings. The first-order chi connectivity index (χ1) is 12.1. The van der Waals surface area contributed by atoms with Gasteiger partial charge in [0.15, 0.2) is 0 Å². The highest BCUT2D eigenvalue weighted by Crippen LogP contribution is 2.22. The van der Waals surface area contributed by atoms with Gasteiger partial charge < -0.3 is 9.64 Å². The van der Waals surface area contributed by atoms with Gasteiger partial charge in [-0.05, 0) is 49.8 Å². The van der Waals surface area contributed by atoms with Gasteiger partial charge in [-0.15, -0.1) is 0 Å². The van der Waals surface area contributed by atoms with E-state index in [0.717, 1.165) is 64.2 Å². The highest BCUT2D eigenvalue weighted by Gasteiger charge is 2.27. The summed E-state index contributed by atoms with van der Waals surface area (Å²) in [6, 6.07) is 5.32. The Morgan fingerprint density at radius 3 is 2.80 bits per heavy atom. The second kappa shape index (κ2) is 8.77. The highest BCUT2D eigenvalue weighted by atomic mass is 19.1. The van der Waals surface area contributed by atoms with Gasteiger partial charge in [0.1, 0.15) is 5.82 Å². The number of benzene rings is 1. The van der Waals surface area contributed by atoms with E-state index in [1.807, 2.05) is 0 Å². The van der Waals surface area contributed by atoms with Gasteiger partial charge in [0.25, 0.3) is 0 Å². The van der Waals surface area contributed by atoms with Crippen molar-refractivity contribution in [1.82, 2.24) is 9.80 Å². The second-order valence-electron chi connectivity index (χ2n) is 7.24. The minimum atomic E-state index is -0.211. The normalized spacial score (nSPS) is 22.2. The first-order valence-electron chi connectivity index (χ1n) is 9.48. The molecule has 3 rings (SSSR count). The van der Waals surface area contributed by atoms with Crippen LogP contribution in [0.1, 0.15) is 36.8 Å². The van der Waals surface area contributed by atoms with Gasteiger partial charge in [-0.2, -0.15) is 0 Å². The molecular weight excluding hydrogens is 319 g/mol. The molecule has 0 saturated carbocycles. The molecule has 25 heavy (non-hydrogen) atoms. The number of hydrogen-bond acceptors (Lipinski definition) is 3. The number of ether oxygens (including phenoxy) is 1. The number of morpholine rings is 1. The zero-order valence-electron chi connectivity index (χ0n) is 15.2. The number of hydrogen-bond donors (Lipinski definition) is 0. The second-order valence-corrected chi connectivity index (χ2v) is 7.24. The Kier molecular flexibility index (Phi) is 6.43. The maximum atomic E-state index is 13.4. The number of carbonyl (C=O) groups excluding carboxylic acids is 1. The van der Waals surface area contributed by atoms with E-state index in [-0.39, 0.29) is 11.7 Å². The minimum absolute atomic E-state index is 0.178.